The van der Waals surface area contributed by atoms with Crippen molar-refractivity contribution in [1.29, 1.82) is 0 Å². The summed E-state index contributed by atoms with van der Waals surface area (Å²) in [6, 6.07) is 8.67. The van der Waals surface area contributed by atoms with Gasteiger partial charge in [-0.15, -0.1) is 12.4 Å². The molecule has 8 heteroatoms. The molecule has 3 N–H and O–H groups in total. The van der Waals surface area contributed by atoms with Gasteiger partial charge in [0.1, 0.15) is 0 Å². The standard InChI is InChI=1S/C15H16ClN3O3.ClH/c16-11-3-1-9(2-4-11)14-5-12(19-22-14)15(21)18-7-10-6-17-8-13(10)20;/h1-5,10,13,17,20H,6-8H2,(H,18,21);1H. The van der Waals surface area contributed by atoms with E-state index in [0.717, 1.165) is 5.56 Å². The number of hydrogen-bond donors (Lipinski definition) is 3. The van der Waals surface area contributed by atoms with Crippen LogP contribution in [0.25, 0.3) is 11.3 Å². The third-order valence-electron chi connectivity index (χ3n) is 3.70. The van der Waals surface area contributed by atoms with Crippen molar-refractivity contribution >= 4 is 29.9 Å². The lowest BCUT2D eigenvalue weighted by molar-refractivity contribution is 0.0918. The molecule has 2 atom stereocenters. The van der Waals surface area contributed by atoms with Crippen molar-refractivity contribution in [3.8, 4) is 11.3 Å². The van der Waals surface area contributed by atoms with Gasteiger partial charge in [0.15, 0.2) is 11.5 Å². The van der Waals surface area contributed by atoms with Crippen LogP contribution in [0.3, 0.4) is 0 Å². The zero-order chi connectivity index (χ0) is 15.5. The number of rotatable bonds is 4. The molecule has 0 radical (unpaired) electrons. The molecule has 1 saturated heterocycles. The smallest absolute Gasteiger partial charge is 0.273 e. The van der Waals surface area contributed by atoms with Gasteiger partial charge in [0.25, 0.3) is 5.91 Å². The van der Waals surface area contributed by atoms with Crippen LogP contribution in [0, 0.1) is 5.92 Å². The number of nitrogens with one attached hydrogen (secondary N) is 2. The van der Waals surface area contributed by atoms with Crippen molar-refractivity contribution in [2.24, 2.45) is 5.92 Å². The normalized spacial score (nSPS) is 20.1. The molecule has 1 aromatic carbocycles. The van der Waals surface area contributed by atoms with E-state index in [2.05, 4.69) is 15.8 Å². The largest absolute Gasteiger partial charge is 0.391 e. The second kappa shape index (κ2) is 7.79. The first-order valence-corrected chi connectivity index (χ1v) is 7.41. The second-order valence-electron chi connectivity index (χ2n) is 5.28. The molecule has 0 spiro atoms. The average Bonchev–Trinajstić information content (AvgIpc) is 3.15. The summed E-state index contributed by atoms with van der Waals surface area (Å²) in [5.74, 6) is 0.207. The minimum Gasteiger partial charge on any atom is -0.391 e. The maximum Gasteiger partial charge on any atom is 0.273 e. The number of amides is 1. The van der Waals surface area contributed by atoms with Crippen molar-refractivity contribution < 1.29 is 14.4 Å². The summed E-state index contributed by atoms with van der Waals surface area (Å²) in [4.78, 5) is 12.1. The number of carbonyl (C=O) groups excluding carboxylic acids is 1. The average molecular weight is 358 g/mol. The predicted molar refractivity (Wildman–Crippen MR) is 88.9 cm³/mol. The van der Waals surface area contributed by atoms with Crippen molar-refractivity contribution in [3.05, 3.63) is 41.0 Å². The minimum atomic E-state index is -0.428. The molecule has 23 heavy (non-hydrogen) atoms. The molecule has 0 aliphatic carbocycles. The number of aromatic nitrogens is 1. The monoisotopic (exact) mass is 357 g/mol. The van der Waals surface area contributed by atoms with Gasteiger partial charge < -0.3 is 20.3 Å². The van der Waals surface area contributed by atoms with E-state index in [9.17, 15) is 9.90 Å². The highest BCUT2D eigenvalue weighted by Crippen LogP contribution is 2.22. The van der Waals surface area contributed by atoms with Crippen LogP contribution in [0.15, 0.2) is 34.9 Å². The lowest BCUT2D eigenvalue weighted by Gasteiger charge is -2.13. The lowest BCUT2D eigenvalue weighted by atomic mass is 10.1. The highest BCUT2D eigenvalue weighted by atomic mass is 35.5. The first-order chi connectivity index (χ1) is 10.6. The van der Waals surface area contributed by atoms with E-state index in [1.165, 1.54) is 0 Å². The number of nitrogens with zero attached hydrogens (tertiary/aromatic N) is 1. The molecule has 124 valence electrons. The molecular weight excluding hydrogens is 341 g/mol. The van der Waals surface area contributed by atoms with Gasteiger partial charge in [-0.25, -0.2) is 0 Å². The van der Waals surface area contributed by atoms with E-state index >= 15 is 0 Å². The van der Waals surface area contributed by atoms with Crippen LogP contribution in [-0.4, -0.2) is 41.9 Å². The number of carbonyl (C=O) groups is 1. The van der Waals surface area contributed by atoms with Crippen LogP contribution in [0.4, 0.5) is 0 Å². The van der Waals surface area contributed by atoms with Crippen LogP contribution < -0.4 is 10.6 Å². The van der Waals surface area contributed by atoms with Crippen LogP contribution in [-0.2, 0) is 0 Å². The van der Waals surface area contributed by atoms with Crippen molar-refractivity contribution in [2.75, 3.05) is 19.6 Å². The summed E-state index contributed by atoms with van der Waals surface area (Å²) in [6.07, 6.45) is -0.428. The highest BCUT2D eigenvalue weighted by Gasteiger charge is 2.25. The number of β-amino-alcohol motifs (C(OH)–C–C–N with tert-alkyl or cyclic N) is 1. The Morgan fingerprint density at radius 1 is 1.39 bits per heavy atom. The van der Waals surface area contributed by atoms with Crippen LogP contribution in [0.1, 0.15) is 10.5 Å². The quantitative estimate of drug-likeness (QED) is 0.775. The van der Waals surface area contributed by atoms with Crippen LogP contribution in [0.2, 0.25) is 5.02 Å². The van der Waals surface area contributed by atoms with Gasteiger partial charge in [0.2, 0.25) is 0 Å². The zero-order valence-electron chi connectivity index (χ0n) is 12.2. The van der Waals surface area contributed by atoms with Crippen LogP contribution >= 0.6 is 24.0 Å². The van der Waals surface area contributed by atoms with Crippen molar-refractivity contribution in [1.82, 2.24) is 15.8 Å². The Kier molecular flexibility index (Phi) is 6.01. The Morgan fingerprint density at radius 2 is 2.13 bits per heavy atom. The molecule has 1 aliphatic heterocycles. The molecular formula is C15H17Cl2N3O3. The number of aliphatic hydroxyl groups excluding tert-OH is 1. The fourth-order valence-electron chi connectivity index (χ4n) is 2.37. The van der Waals surface area contributed by atoms with Gasteiger partial charge >= 0.3 is 0 Å². The van der Waals surface area contributed by atoms with E-state index in [1.54, 1.807) is 30.3 Å². The molecule has 2 heterocycles. The molecule has 1 aliphatic rings. The Morgan fingerprint density at radius 3 is 2.78 bits per heavy atom. The van der Waals surface area contributed by atoms with Crippen LogP contribution in [0.5, 0.6) is 0 Å². The van der Waals surface area contributed by atoms with Crippen molar-refractivity contribution in [3.63, 3.8) is 0 Å². The Balaban J connectivity index is 0.00000192. The third kappa shape index (κ3) is 4.23. The molecule has 1 aromatic heterocycles. The summed E-state index contributed by atoms with van der Waals surface area (Å²) in [5, 5.41) is 19.9. The third-order valence-corrected chi connectivity index (χ3v) is 3.95. The maximum absolute atomic E-state index is 12.1. The Bertz CT molecular complexity index is 660. The van der Waals surface area contributed by atoms with E-state index in [-0.39, 0.29) is 29.9 Å². The highest BCUT2D eigenvalue weighted by molar-refractivity contribution is 6.30. The molecule has 0 saturated carbocycles. The molecule has 3 rings (SSSR count). The topological polar surface area (TPSA) is 87.4 Å². The lowest BCUT2D eigenvalue weighted by Crippen LogP contribution is -2.34. The Labute approximate surface area is 144 Å². The van der Waals surface area contributed by atoms with Gasteiger partial charge in [-0.1, -0.05) is 16.8 Å². The molecule has 2 unspecified atom stereocenters. The number of benzene rings is 1. The molecule has 6 nitrogen and oxygen atoms in total. The van der Waals surface area contributed by atoms with E-state index < -0.39 is 6.10 Å². The number of aliphatic hydroxyl groups is 1. The van der Waals surface area contributed by atoms with Gasteiger partial charge in [-0.3, -0.25) is 4.79 Å². The molecule has 2 aromatic rings. The second-order valence-corrected chi connectivity index (χ2v) is 5.72. The fraction of sp³-hybridized carbons (Fsp3) is 0.333. The van der Waals surface area contributed by atoms with E-state index in [1.807, 2.05) is 0 Å². The first kappa shape index (κ1) is 17.7. The zero-order valence-corrected chi connectivity index (χ0v) is 13.7. The molecule has 1 fully saturated rings. The first-order valence-electron chi connectivity index (χ1n) is 7.03. The van der Waals surface area contributed by atoms with E-state index in [4.69, 9.17) is 16.1 Å². The van der Waals surface area contributed by atoms with Gasteiger partial charge in [0, 0.05) is 42.2 Å². The predicted octanol–water partition coefficient (Wildman–Crippen LogP) is 1.73. The van der Waals surface area contributed by atoms with E-state index in [0.29, 0.717) is 30.4 Å². The molecule has 1 amide bonds. The maximum atomic E-state index is 12.1. The van der Waals surface area contributed by atoms with Gasteiger partial charge in [-0.2, -0.15) is 0 Å². The van der Waals surface area contributed by atoms with Gasteiger partial charge in [0.05, 0.1) is 6.10 Å². The SMILES string of the molecule is Cl.O=C(NCC1CNCC1O)c1cc(-c2ccc(Cl)cc2)on1. The fourth-order valence-corrected chi connectivity index (χ4v) is 2.50. The molecule has 0 bridgehead atoms. The summed E-state index contributed by atoms with van der Waals surface area (Å²) < 4.78 is 5.19. The Hall–Kier alpha value is -1.60. The number of halogens is 2. The summed E-state index contributed by atoms with van der Waals surface area (Å²) >= 11 is 5.83. The number of hydrogen-bond acceptors (Lipinski definition) is 5. The van der Waals surface area contributed by atoms with Gasteiger partial charge in [-0.05, 0) is 24.3 Å². The summed E-state index contributed by atoms with van der Waals surface area (Å²) in [5.41, 5.74) is 1.01. The summed E-state index contributed by atoms with van der Waals surface area (Å²) in [7, 11) is 0. The van der Waals surface area contributed by atoms with Crippen molar-refractivity contribution in [2.45, 2.75) is 6.10 Å². The summed E-state index contributed by atoms with van der Waals surface area (Å²) in [6.45, 7) is 1.65. The minimum absolute atomic E-state index is 0.